The number of rotatable bonds is 3. The average Bonchev–Trinajstić information content (AvgIpc) is 2.85. The van der Waals surface area contributed by atoms with Crippen LogP contribution in [0.4, 0.5) is 0 Å². The first-order chi connectivity index (χ1) is 10.5. The summed E-state index contributed by atoms with van der Waals surface area (Å²) in [4.78, 5) is 40.4. The zero-order valence-electron chi connectivity index (χ0n) is 12.0. The van der Waals surface area contributed by atoms with Crippen molar-refractivity contribution in [2.45, 2.75) is 13.8 Å². The van der Waals surface area contributed by atoms with Crippen LogP contribution < -0.4 is 5.56 Å². The number of thiazole rings is 1. The number of benzene rings is 1. The molecule has 22 heavy (non-hydrogen) atoms. The number of nitrogens with zero attached hydrogens (tertiary/aromatic N) is 2. The molecule has 0 spiro atoms. The Morgan fingerprint density at radius 3 is 2.82 bits per heavy atom. The van der Waals surface area contributed by atoms with Crippen LogP contribution in [0, 0.1) is 0 Å². The Bertz CT molecular complexity index is 971. The summed E-state index contributed by atoms with van der Waals surface area (Å²) in [6.07, 6.45) is 1.23. The molecule has 0 aliphatic rings. The number of aromatic nitrogens is 2. The van der Waals surface area contributed by atoms with Gasteiger partial charge in [0.2, 0.25) is 0 Å². The van der Waals surface area contributed by atoms with Gasteiger partial charge in [-0.15, -0.1) is 0 Å². The molecule has 3 rings (SSSR count). The van der Waals surface area contributed by atoms with E-state index in [0.717, 1.165) is 4.70 Å². The maximum atomic E-state index is 12.5. The van der Waals surface area contributed by atoms with Gasteiger partial charge in [0, 0.05) is 5.56 Å². The average molecular weight is 316 g/mol. The highest BCUT2D eigenvalue weighted by molar-refractivity contribution is 7.23. The molecule has 0 bridgehead atoms. The number of fused-ring (bicyclic) bond motifs is 3. The van der Waals surface area contributed by atoms with Crippen molar-refractivity contribution in [3.05, 3.63) is 45.9 Å². The van der Waals surface area contributed by atoms with Crippen molar-refractivity contribution in [3.8, 4) is 0 Å². The molecule has 112 valence electrons. The van der Waals surface area contributed by atoms with Gasteiger partial charge in [-0.05, 0) is 32.0 Å². The number of carbonyl (C=O) groups is 2. The van der Waals surface area contributed by atoms with Gasteiger partial charge in [0.25, 0.3) is 5.56 Å². The predicted octanol–water partition coefficient (Wildman–Crippen LogP) is 2.29. The van der Waals surface area contributed by atoms with Crippen LogP contribution in [0.25, 0.3) is 15.2 Å². The predicted molar refractivity (Wildman–Crippen MR) is 82.8 cm³/mol. The van der Waals surface area contributed by atoms with E-state index < -0.39 is 11.5 Å². The van der Waals surface area contributed by atoms with Gasteiger partial charge in [-0.25, -0.2) is 9.78 Å². The lowest BCUT2D eigenvalue weighted by molar-refractivity contribution is 0.0523. The first kappa shape index (κ1) is 14.4. The number of hydrogen-bond acceptors (Lipinski definition) is 6. The smallest absolute Gasteiger partial charge is 0.345 e. The summed E-state index contributed by atoms with van der Waals surface area (Å²) in [6.45, 7) is 3.34. The highest BCUT2D eigenvalue weighted by atomic mass is 32.1. The molecule has 0 amide bonds. The molecule has 0 aliphatic carbocycles. The lowest BCUT2D eigenvalue weighted by atomic mass is 10.1. The van der Waals surface area contributed by atoms with Crippen LogP contribution in [0.2, 0.25) is 0 Å². The topological polar surface area (TPSA) is 77.7 Å². The summed E-state index contributed by atoms with van der Waals surface area (Å²) in [5, 5.41) is 0. The van der Waals surface area contributed by atoms with Crippen LogP contribution in [-0.2, 0) is 4.74 Å². The maximum Gasteiger partial charge on any atom is 0.345 e. The van der Waals surface area contributed by atoms with Gasteiger partial charge in [0.15, 0.2) is 10.7 Å². The van der Waals surface area contributed by atoms with Crippen molar-refractivity contribution in [3.63, 3.8) is 0 Å². The number of esters is 1. The van der Waals surface area contributed by atoms with Crippen LogP contribution in [-0.4, -0.2) is 27.7 Å². The van der Waals surface area contributed by atoms with Gasteiger partial charge < -0.3 is 4.74 Å². The Morgan fingerprint density at radius 1 is 1.36 bits per heavy atom. The van der Waals surface area contributed by atoms with E-state index in [4.69, 9.17) is 4.74 Å². The minimum atomic E-state index is -0.686. The van der Waals surface area contributed by atoms with E-state index in [1.165, 1.54) is 28.9 Å². The van der Waals surface area contributed by atoms with E-state index in [-0.39, 0.29) is 18.0 Å². The van der Waals surface area contributed by atoms with Crippen molar-refractivity contribution in [1.82, 2.24) is 9.38 Å². The normalized spacial score (nSPS) is 11.0. The summed E-state index contributed by atoms with van der Waals surface area (Å²) in [5.41, 5.74) is 0.617. The fourth-order valence-electron chi connectivity index (χ4n) is 2.17. The zero-order valence-corrected chi connectivity index (χ0v) is 12.8. The number of ketones is 1. The highest BCUT2D eigenvalue weighted by Crippen LogP contribution is 2.25. The Morgan fingerprint density at radius 2 is 2.14 bits per heavy atom. The molecule has 0 fully saturated rings. The van der Waals surface area contributed by atoms with Gasteiger partial charge in [0.1, 0.15) is 5.56 Å². The summed E-state index contributed by atoms with van der Waals surface area (Å²) < 4.78 is 7.00. The molecule has 7 heteroatoms. The molecule has 0 unspecified atom stereocenters. The SMILES string of the molecule is CCOC(=O)c1cnc2sc3cc(C(C)=O)ccc3n2c1=O. The molecule has 0 radical (unpaired) electrons. The number of carbonyl (C=O) groups excluding carboxylic acids is 2. The molecular weight excluding hydrogens is 304 g/mol. The zero-order chi connectivity index (χ0) is 15.9. The van der Waals surface area contributed by atoms with Crippen LogP contribution in [0.15, 0.2) is 29.2 Å². The van der Waals surface area contributed by atoms with Gasteiger partial charge in [-0.2, -0.15) is 0 Å². The molecular formula is C15H12N2O4S. The van der Waals surface area contributed by atoms with Crippen LogP contribution in [0.3, 0.4) is 0 Å². The Kier molecular flexibility index (Phi) is 3.50. The van der Waals surface area contributed by atoms with E-state index >= 15 is 0 Å². The largest absolute Gasteiger partial charge is 0.462 e. The molecule has 1 aromatic carbocycles. The molecule has 0 N–H and O–H groups in total. The van der Waals surface area contributed by atoms with Crippen LogP contribution in [0.5, 0.6) is 0 Å². The van der Waals surface area contributed by atoms with Crippen molar-refractivity contribution in [2.75, 3.05) is 6.61 Å². The van der Waals surface area contributed by atoms with Crippen molar-refractivity contribution >= 4 is 38.3 Å². The fourth-order valence-corrected chi connectivity index (χ4v) is 3.20. The van der Waals surface area contributed by atoms with Crippen LogP contribution >= 0.6 is 11.3 Å². The number of hydrogen-bond donors (Lipinski definition) is 0. The molecule has 0 atom stereocenters. The first-order valence-corrected chi connectivity index (χ1v) is 7.47. The standard InChI is InChI=1S/C15H12N2O4S/c1-3-21-14(20)10-7-16-15-17(13(10)19)11-5-4-9(8(2)18)6-12(11)22-15/h4-7H,3H2,1-2H3. The minimum absolute atomic E-state index is 0.0492. The fraction of sp³-hybridized carbons (Fsp3) is 0.200. The van der Waals surface area contributed by atoms with E-state index in [0.29, 0.717) is 16.0 Å². The van der Waals surface area contributed by atoms with E-state index in [9.17, 15) is 14.4 Å². The van der Waals surface area contributed by atoms with Gasteiger partial charge in [-0.3, -0.25) is 14.0 Å². The van der Waals surface area contributed by atoms with Crippen molar-refractivity contribution in [2.24, 2.45) is 0 Å². The number of Topliss-reactive ketones (excluding diaryl/α,β-unsaturated/α-hetero) is 1. The second-order valence-corrected chi connectivity index (χ2v) is 5.67. The Labute approximate surface area is 129 Å². The number of ether oxygens (including phenoxy) is 1. The highest BCUT2D eigenvalue weighted by Gasteiger charge is 2.17. The third-order valence-corrected chi connectivity index (χ3v) is 4.25. The maximum absolute atomic E-state index is 12.5. The molecule has 0 saturated heterocycles. The van der Waals surface area contributed by atoms with Crippen molar-refractivity contribution in [1.29, 1.82) is 0 Å². The Hall–Kier alpha value is -2.54. The van der Waals surface area contributed by atoms with Crippen LogP contribution in [0.1, 0.15) is 34.6 Å². The summed E-state index contributed by atoms with van der Waals surface area (Å²) >= 11 is 1.29. The lowest BCUT2D eigenvalue weighted by Gasteiger charge is -2.01. The minimum Gasteiger partial charge on any atom is -0.462 e. The Balaban J connectivity index is 2.29. The quantitative estimate of drug-likeness (QED) is 0.547. The van der Waals surface area contributed by atoms with Gasteiger partial charge in [0.05, 0.1) is 23.0 Å². The summed E-state index contributed by atoms with van der Waals surface area (Å²) in [5.74, 6) is -0.735. The van der Waals surface area contributed by atoms with E-state index in [1.807, 2.05) is 0 Å². The van der Waals surface area contributed by atoms with Crippen molar-refractivity contribution < 1.29 is 14.3 Å². The second kappa shape index (κ2) is 5.34. The summed E-state index contributed by atoms with van der Waals surface area (Å²) in [6, 6.07) is 5.06. The molecule has 3 aromatic rings. The first-order valence-electron chi connectivity index (χ1n) is 6.65. The molecule has 6 nitrogen and oxygen atoms in total. The summed E-state index contributed by atoms with van der Waals surface area (Å²) in [7, 11) is 0. The van der Waals surface area contributed by atoms with E-state index in [2.05, 4.69) is 4.98 Å². The monoisotopic (exact) mass is 316 g/mol. The molecule has 2 heterocycles. The third kappa shape index (κ3) is 2.19. The van der Waals surface area contributed by atoms with E-state index in [1.54, 1.807) is 25.1 Å². The molecule has 0 aliphatic heterocycles. The molecule has 2 aromatic heterocycles. The third-order valence-electron chi connectivity index (χ3n) is 3.23. The second-order valence-electron chi connectivity index (χ2n) is 4.66. The molecule has 0 saturated carbocycles. The lowest BCUT2D eigenvalue weighted by Crippen LogP contribution is -2.23. The van der Waals surface area contributed by atoms with Gasteiger partial charge in [-0.1, -0.05) is 11.3 Å². The van der Waals surface area contributed by atoms with Gasteiger partial charge >= 0.3 is 5.97 Å².